The summed E-state index contributed by atoms with van der Waals surface area (Å²) in [5, 5.41) is 9.65. The second-order valence-electron chi connectivity index (χ2n) is 3.46. The van der Waals surface area contributed by atoms with Crippen molar-refractivity contribution in [3.8, 4) is 5.75 Å². The Morgan fingerprint density at radius 2 is 1.61 bits per heavy atom. The summed E-state index contributed by atoms with van der Waals surface area (Å²) in [5.41, 5.74) is 0.764. The highest BCUT2D eigenvalue weighted by molar-refractivity contribution is 6.47. The van der Waals surface area contributed by atoms with Gasteiger partial charge in [0.2, 0.25) is 0 Å². The maximum Gasteiger partial charge on any atom is 0.178 e. The van der Waals surface area contributed by atoms with Crippen LogP contribution in [0.15, 0.2) is 35.4 Å². The van der Waals surface area contributed by atoms with Gasteiger partial charge in [-0.05, 0) is 24.3 Å². The number of benzene rings is 1. The topological polar surface area (TPSA) is 49.7 Å². The predicted molar refractivity (Wildman–Crippen MR) is 73.5 cm³/mol. The van der Waals surface area contributed by atoms with Crippen molar-refractivity contribution in [3.05, 3.63) is 45.4 Å². The molecule has 1 aromatic carbocycles. The minimum absolute atomic E-state index is 0.0136. The average Bonchev–Trinajstić information content (AvgIpc) is 2.34. The zero-order valence-electron chi connectivity index (χ0n) is 8.82. The van der Waals surface area contributed by atoms with E-state index < -0.39 is 0 Å². The van der Waals surface area contributed by atoms with Crippen molar-refractivity contribution in [2.75, 3.05) is 0 Å². The highest BCUT2D eigenvalue weighted by atomic mass is 35.5. The summed E-state index contributed by atoms with van der Waals surface area (Å²) in [6.45, 7) is 0. The van der Waals surface area contributed by atoms with Crippen molar-refractivity contribution in [2.45, 2.75) is 0 Å². The Labute approximate surface area is 118 Å². The van der Waals surface area contributed by atoms with Crippen molar-refractivity contribution in [2.24, 2.45) is 4.99 Å². The lowest BCUT2D eigenvalue weighted by Gasteiger charge is -2.07. The predicted octanol–water partition coefficient (Wildman–Crippen LogP) is 4.12. The lowest BCUT2D eigenvalue weighted by molar-refractivity contribution is -0.110. The number of allylic oxidation sites excluding steroid dienone is 4. The SMILES string of the molecule is O=C1C=CC(=Nc2c(Cl)cc(O)c(Cl)c2Cl)C=C1. The summed E-state index contributed by atoms with van der Waals surface area (Å²) in [4.78, 5) is 15.1. The van der Waals surface area contributed by atoms with Gasteiger partial charge in [0.25, 0.3) is 0 Å². The fourth-order valence-corrected chi connectivity index (χ4v) is 2.00. The van der Waals surface area contributed by atoms with Crippen molar-refractivity contribution in [1.29, 1.82) is 0 Å². The van der Waals surface area contributed by atoms with Gasteiger partial charge in [-0.25, -0.2) is 4.99 Å². The number of aliphatic imine (C=N–C) groups is 1. The normalized spacial score (nSPS) is 14.2. The molecule has 0 atom stereocenters. The van der Waals surface area contributed by atoms with Gasteiger partial charge in [0.15, 0.2) is 5.78 Å². The van der Waals surface area contributed by atoms with Crippen LogP contribution in [0.5, 0.6) is 5.75 Å². The van der Waals surface area contributed by atoms with Gasteiger partial charge in [0, 0.05) is 6.07 Å². The van der Waals surface area contributed by atoms with E-state index in [1.165, 1.54) is 30.4 Å². The Morgan fingerprint density at radius 3 is 2.22 bits per heavy atom. The number of phenolic OH excluding ortho intramolecular Hbond substituents is 1. The molecule has 0 saturated heterocycles. The Kier molecular flexibility index (Phi) is 3.76. The Balaban J connectivity index is 2.51. The van der Waals surface area contributed by atoms with Crippen molar-refractivity contribution in [1.82, 2.24) is 0 Å². The molecule has 1 aromatic rings. The molecule has 0 heterocycles. The first kappa shape index (κ1) is 13.1. The molecule has 1 aliphatic carbocycles. The van der Waals surface area contributed by atoms with Crippen LogP contribution in [-0.4, -0.2) is 16.6 Å². The van der Waals surface area contributed by atoms with Gasteiger partial charge in [-0.1, -0.05) is 34.8 Å². The van der Waals surface area contributed by atoms with Crippen molar-refractivity contribution in [3.63, 3.8) is 0 Å². The molecule has 2 rings (SSSR count). The smallest absolute Gasteiger partial charge is 0.178 e. The minimum atomic E-state index is -0.208. The number of hydrogen-bond donors (Lipinski definition) is 1. The molecular formula is C12H6Cl3NO2. The summed E-state index contributed by atoms with van der Waals surface area (Å²) in [6, 6.07) is 1.26. The number of nitrogens with zero attached hydrogens (tertiary/aromatic N) is 1. The standard InChI is InChI=1S/C12H6Cl3NO2/c13-8-5-9(18)10(14)11(15)12(8)16-6-1-3-7(17)4-2-6/h1-5,18H. The van der Waals surface area contributed by atoms with E-state index in [1.807, 2.05) is 0 Å². The monoisotopic (exact) mass is 301 g/mol. The molecule has 0 amide bonds. The number of phenols is 1. The third-order valence-electron chi connectivity index (χ3n) is 2.19. The molecule has 92 valence electrons. The van der Waals surface area contributed by atoms with E-state index >= 15 is 0 Å². The molecule has 0 saturated carbocycles. The Hall–Kier alpha value is -1.29. The van der Waals surface area contributed by atoms with Gasteiger partial charge in [-0.2, -0.15) is 0 Å². The van der Waals surface area contributed by atoms with Gasteiger partial charge in [0.1, 0.15) is 16.5 Å². The number of hydrogen-bond acceptors (Lipinski definition) is 3. The molecule has 0 unspecified atom stereocenters. The van der Waals surface area contributed by atoms with Crippen LogP contribution in [0.4, 0.5) is 5.69 Å². The molecule has 1 aliphatic rings. The van der Waals surface area contributed by atoms with Crippen LogP contribution in [0.3, 0.4) is 0 Å². The van der Waals surface area contributed by atoms with E-state index in [9.17, 15) is 9.90 Å². The van der Waals surface area contributed by atoms with Crippen molar-refractivity contribution < 1.29 is 9.90 Å². The first-order chi connectivity index (χ1) is 8.49. The number of halogens is 3. The molecule has 3 nitrogen and oxygen atoms in total. The van der Waals surface area contributed by atoms with E-state index in [-0.39, 0.29) is 32.3 Å². The summed E-state index contributed by atoms with van der Waals surface area (Å²) in [5.74, 6) is -0.324. The van der Waals surface area contributed by atoms with Crippen LogP contribution < -0.4 is 0 Å². The zero-order valence-corrected chi connectivity index (χ0v) is 11.1. The van der Waals surface area contributed by atoms with Crippen LogP contribution in [0.25, 0.3) is 0 Å². The van der Waals surface area contributed by atoms with Gasteiger partial charge >= 0.3 is 0 Å². The Morgan fingerprint density at radius 1 is 1.00 bits per heavy atom. The summed E-state index contributed by atoms with van der Waals surface area (Å²) in [6.07, 6.45) is 5.83. The number of aromatic hydroxyl groups is 1. The largest absolute Gasteiger partial charge is 0.506 e. The number of carbonyl (C=O) groups is 1. The third-order valence-corrected chi connectivity index (χ3v) is 3.33. The molecule has 0 bridgehead atoms. The van der Waals surface area contributed by atoms with E-state index in [2.05, 4.69) is 4.99 Å². The summed E-state index contributed by atoms with van der Waals surface area (Å²) < 4.78 is 0. The molecule has 0 spiro atoms. The number of rotatable bonds is 1. The molecular weight excluding hydrogens is 296 g/mol. The van der Waals surface area contributed by atoms with E-state index in [1.54, 1.807) is 0 Å². The molecule has 0 fully saturated rings. The first-order valence-corrected chi connectivity index (χ1v) is 5.97. The summed E-state index contributed by atoms with van der Waals surface area (Å²) in [7, 11) is 0. The van der Waals surface area contributed by atoms with Crippen LogP contribution in [0, 0.1) is 0 Å². The zero-order chi connectivity index (χ0) is 13.3. The summed E-state index contributed by atoms with van der Waals surface area (Å²) >= 11 is 17.7. The van der Waals surface area contributed by atoms with Crippen molar-refractivity contribution >= 4 is 52.0 Å². The van der Waals surface area contributed by atoms with Gasteiger partial charge in [-0.3, -0.25) is 4.79 Å². The lowest BCUT2D eigenvalue weighted by Crippen LogP contribution is -1.98. The van der Waals surface area contributed by atoms with Crippen LogP contribution in [0.1, 0.15) is 0 Å². The van der Waals surface area contributed by atoms with E-state index in [0.29, 0.717) is 5.71 Å². The average molecular weight is 303 g/mol. The van der Waals surface area contributed by atoms with Gasteiger partial charge in [0.05, 0.1) is 15.8 Å². The third kappa shape index (κ3) is 2.58. The number of ketones is 1. The van der Waals surface area contributed by atoms with Crippen LogP contribution in [0.2, 0.25) is 15.1 Å². The maximum atomic E-state index is 11.0. The minimum Gasteiger partial charge on any atom is -0.506 e. The second kappa shape index (κ2) is 5.14. The number of carbonyl (C=O) groups excluding carboxylic acids is 1. The quantitative estimate of drug-likeness (QED) is 0.626. The van der Waals surface area contributed by atoms with E-state index in [0.717, 1.165) is 0 Å². The van der Waals surface area contributed by atoms with E-state index in [4.69, 9.17) is 34.8 Å². The molecule has 18 heavy (non-hydrogen) atoms. The van der Waals surface area contributed by atoms with Gasteiger partial charge < -0.3 is 5.11 Å². The molecule has 6 heteroatoms. The molecule has 0 aromatic heterocycles. The van der Waals surface area contributed by atoms with Crippen LogP contribution >= 0.6 is 34.8 Å². The fraction of sp³-hybridized carbons (Fsp3) is 0. The highest BCUT2D eigenvalue weighted by Gasteiger charge is 2.14. The highest BCUT2D eigenvalue weighted by Crippen LogP contribution is 2.43. The second-order valence-corrected chi connectivity index (χ2v) is 4.62. The Bertz CT molecular complexity index is 600. The van der Waals surface area contributed by atoms with Crippen LogP contribution in [-0.2, 0) is 4.79 Å². The molecule has 0 aliphatic heterocycles. The first-order valence-electron chi connectivity index (χ1n) is 4.84. The molecule has 1 N–H and O–H groups in total. The fourth-order valence-electron chi connectivity index (χ4n) is 1.33. The lowest BCUT2D eigenvalue weighted by atomic mass is 10.1. The van der Waals surface area contributed by atoms with Gasteiger partial charge in [-0.15, -0.1) is 0 Å². The molecule has 0 radical (unpaired) electrons. The maximum absolute atomic E-state index is 11.0.